The quantitative estimate of drug-likeness (QED) is 0.654. The lowest BCUT2D eigenvalue weighted by Crippen LogP contribution is -2.36. The van der Waals surface area contributed by atoms with E-state index in [0.717, 1.165) is 0 Å². The van der Waals surface area contributed by atoms with Crippen molar-refractivity contribution in [1.82, 2.24) is 4.90 Å². The smallest absolute Gasteiger partial charge is 0.289 e. The summed E-state index contributed by atoms with van der Waals surface area (Å²) in [6.45, 7) is 7.41. The molecule has 0 fully saturated rings. The second-order valence-electron chi connectivity index (χ2n) is 4.16. The number of furan rings is 1. The maximum absolute atomic E-state index is 12.3. The summed E-state index contributed by atoms with van der Waals surface area (Å²) in [7, 11) is 0. The minimum Gasteiger partial charge on any atom is -0.455 e. The first-order valence-corrected chi connectivity index (χ1v) is 6.96. The molecule has 0 aliphatic carbocycles. The average Bonchev–Trinajstić information content (AvgIpc) is 2.94. The number of ether oxygens (including phenoxy) is 2. The van der Waals surface area contributed by atoms with Crippen LogP contribution in [0.3, 0.4) is 0 Å². The first kappa shape index (κ1) is 16.7. The van der Waals surface area contributed by atoms with Crippen molar-refractivity contribution in [2.45, 2.75) is 20.4 Å². The molecule has 0 unspecified atom stereocenters. The summed E-state index contributed by atoms with van der Waals surface area (Å²) in [5, 5.41) is 0. The number of hydrogen-bond acceptors (Lipinski definition) is 5. The molecule has 6 nitrogen and oxygen atoms in total. The zero-order chi connectivity index (χ0) is 14.8. The van der Waals surface area contributed by atoms with Gasteiger partial charge in [0, 0.05) is 26.3 Å². The lowest BCUT2D eigenvalue weighted by atomic mass is 10.3. The second kappa shape index (κ2) is 9.52. The molecule has 1 aromatic heterocycles. The van der Waals surface area contributed by atoms with Crippen LogP contribution in [0.5, 0.6) is 0 Å². The minimum absolute atomic E-state index is 0.163. The Labute approximate surface area is 119 Å². The van der Waals surface area contributed by atoms with Gasteiger partial charge in [0.2, 0.25) is 0 Å². The third-order valence-corrected chi connectivity index (χ3v) is 2.78. The van der Waals surface area contributed by atoms with Gasteiger partial charge in [-0.1, -0.05) is 0 Å². The highest BCUT2D eigenvalue weighted by atomic mass is 16.5. The van der Waals surface area contributed by atoms with Crippen LogP contribution in [0.25, 0.3) is 0 Å². The molecule has 0 aromatic carbocycles. The van der Waals surface area contributed by atoms with Crippen LogP contribution < -0.4 is 5.73 Å². The van der Waals surface area contributed by atoms with Crippen LogP contribution in [0.15, 0.2) is 16.5 Å². The summed E-state index contributed by atoms with van der Waals surface area (Å²) < 4.78 is 16.0. The third-order valence-electron chi connectivity index (χ3n) is 2.78. The van der Waals surface area contributed by atoms with Crippen LogP contribution in [0, 0.1) is 0 Å². The van der Waals surface area contributed by atoms with Crippen molar-refractivity contribution in [3.05, 3.63) is 23.7 Å². The Hall–Kier alpha value is -1.37. The fraction of sp³-hybridized carbons (Fsp3) is 0.643. The molecule has 0 bridgehead atoms. The molecular weight excluding hydrogens is 260 g/mol. The predicted octanol–water partition coefficient (Wildman–Crippen LogP) is 1.25. The summed E-state index contributed by atoms with van der Waals surface area (Å²) in [5.74, 6) is 0.741. The fourth-order valence-electron chi connectivity index (χ4n) is 1.71. The zero-order valence-corrected chi connectivity index (χ0v) is 12.3. The van der Waals surface area contributed by atoms with Crippen molar-refractivity contribution >= 4 is 5.91 Å². The monoisotopic (exact) mass is 284 g/mol. The van der Waals surface area contributed by atoms with E-state index in [1.165, 1.54) is 0 Å². The van der Waals surface area contributed by atoms with Crippen LogP contribution in [0.1, 0.15) is 30.2 Å². The summed E-state index contributed by atoms with van der Waals surface area (Å²) >= 11 is 0. The van der Waals surface area contributed by atoms with Crippen molar-refractivity contribution in [2.24, 2.45) is 5.73 Å². The van der Waals surface area contributed by atoms with Crippen LogP contribution in [0.2, 0.25) is 0 Å². The van der Waals surface area contributed by atoms with Gasteiger partial charge in [-0.3, -0.25) is 4.79 Å². The molecule has 0 atom stereocenters. The number of rotatable bonds is 10. The highest BCUT2D eigenvalue weighted by Crippen LogP contribution is 2.10. The molecule has 1 heterocycles. The molecule has 0 radical (unpaired) electrons. The van der Waals surface area contributed by atoms with E-state index in [0.29, 0.717) is 51.0 Å². The van der Waals surface area contributed by atoms with Gasteiger partial charge in [0.25, 0.3) is 5.91 Å². The average molecular weight is 284 g/mol. The Kier molecular flexibility index (Phi) is 7.94. The molecular formula is C14H24N2O4. The van der Waals surface area contributed by atoms with Crippen LogP contribution >= 0.6 is 0 Å². The molecule has 6 heteroatoms. The standard InChI is InChI=1S/C14H24N2O4/c1-3-18-9-7-16(8-10-19-4-2)14(17)13-6-5-12(11-15)20-13/h5-6H,3-4,7-11,15H2,1-2H3. The lowest BCUT2D eigenvalue weighted by molar-refractivity contribution is 0.0523. The topological polar surface area (TPSA) is 77.9 Å². The maximum atomic E-state index is 12.3. The highest BCUT2D eigenvalue weighted by Gasteiger charge is 2.18. The molecule has 1 amide bonds. The van der Waals surface area contributed by atoms with E-state index in [1.807, 2.05) is 13.8 Å². The molecule has 0 saturated carbocycles. The van der Waals surface area contributed by atoms with Crippen LogP contribution in [-0.2, 0) is 16.0 Å². The van der Waals surface area contributed by atoms with Gasteiger partial charge in [0.15, 0.2) is 5.76 Å². The molecule has 20 heavy (non-hydrogen) atoms. The van der Waals surface area contributed by atoms with Crippen molar-refractivity contribution < 1.29 is 18.7 Å². The van der Waals surface area contributed by atoms with Crippen molar-refractivity contribution in [3.8, 4) is 0 Å². The SMILES string of the molecule is CCOCCN(CCOCC)C(=O)c1ccc(CN)o1. The van der Waals surface area contributed by atoms with E-state index >= 15 is 0 Å². The molecule has 0 aliphatic heterocycles. The van der Waals surface area contributed by atoms with E-state index < -0.39 is 0 Å². The maximum Gasteiger partial charge on any atom is 0.289 e. The van der Waals surface area contributed by atoms with Gasteiger partial charge in [-0.05, 0) is 26.0 Å². The Bertz CT molecular complexity index is 382. The fourth-order valence-corrected chi connectivity index (χ4v) is 1.71. The number of nitrogens with two attached hydrogens (primary N) is 1. The molecule has 1 aromatic rings. The van der Waals surface area contributed by atoms with Crippen LogP contribution in [0.4, 0.5) is 0 Å². The van der Waals surface area contributed by atoms with Gasteiger partial charge >= 0.3 is 0 Å². The van der Waals surface area contributed by atoms with E-state index in [2.05, 4.69) is 0 Å². The Morgan fingerprint density at radius 3 is 2.25 bits per heavy atom. The molecule has 0 spiro atoms. The van der Waals surface area contributed by atoms with E-state index in [-0.39, 0.29) is 12.5 Å². The molecule has 0 aliphatic rings. The van der Waals surface area contributed by atoms with E-state index in [9.17, 15) is 4.79 Å². The number of nitrogens with zero attached hydrogens (tertiary/aromatic N) is 1. The van der Waals surface area contributed by atoms with Crippen molar-refractivity contribution in [1.29, 1.82) is 0 Å². The number of amides is 1. The van der Waals surface area contributed by atoms with Gasteiger partial charge in [-0.15, -0.1) is 0 Å². The summed E-state index contributed by atoms with van der Waals surface area (Å²) in [6.07, 6.45) is 0. The molecule has 114 valence electrons. The highest BCUT2D eigenvalue weighted by molar-refractivity contribution is 5.91. The third kappa shape index (κ3) is 5.32. The van der Waals surface area contributed by atoms with Crippen LogP contribution in [-0.4, -0.2) is 50.3 Å². The molecule has 1 rings (SSSR count). The van der Waals surface area contributed by atoms with E-state index in [1.54, 1.807) is 17.0 Å². The molecule has 2 N–H and O–H groups in total. The normalized spacial score (nSPS) is 10.8. The van der Waals surface area contributed by atoms with Gasteiger partial charge < -0.3 is 24.5 Å². The first-order chi connectivity index (χ1) is 9.72. The van der Waals surface area contributed by atoms with Gasteiger partial charge in [-0.2, -0.15) is 0 Å². The number of hydrogen-bond donors (Lipinski definition) is 1. The molecule has 0 saturated heterocycles. The Balaban J connectivity index is 2.61. The Morgan fingerprint density at radius 1 is 1.20 bits per heavy atom. The summed E-state index contributed by atoms with van der Waals surface area (Å²) in [6, 6.07) is 3.37. The van der Waals surface area contributed by atoms with Gasteiger partial charge in [0.1, 0.15) is 5.76 Å². The largest absolute Gasteiger partial charge is 0.455 e. The van der Waals surface area contributed by atoms with E-state index in [4.69, 9.17) is 19.6 Å². The minimum atomic E-state index is -0.163. The van der Waals surface area contributed by atoms with Crippen molar-refractivity contribution in [2.75, 3.05) is 39.5 Å². The van der Waals surface area contributed by atoms with Gasteiger partial charge in [0.05, 0.1) is 19.8 Å². The summed E-state index contributed by atoms with van der Waals surface area (Å²) in [4.78, 5) is 14.0. The Morgan fingerprint density at radius 2 is 1.80 bits per heavy atom. The predicted molar refractivity (Wildman–Crippen MR) is 75.5 cm³/mol. The lowest BCUT2D eigenvalue weighted by Gasteiger charge is -2.21. The number of carbonyl (C=O) groups excluding carboxylic acids is 1. The van der Waals surface area contributed by atoms with Gasteiger partial charge in [-0.25, -0.2) is 0 Å². The number of carbonyl (C=O) groups is 1. The second-order valence-corrected chi connectivity index (χ2v) is 4.16. The summed E-state index contributed by atoms with van der Waals surface area (Å²) in [5.41, 5.74) is 5.48. The first-order valence-electron chi connectivity index (χ1n) is 6.96. The van der Waals surface area contributed by atoms with Crippen molar-refractivity contribution in [3.63, 3.8) is 0 Å². The zero-order valence-electron chi connectivity index (χ0n) is 12.3.